The molecular formula is C11H19F3N2O. The number of hydrogen-bond acceptors (Lipinski definition) is 2. The van der Waals surface area contributed by atoms with Crippen LogP contribution < -0.4 is 5.73 Å². The van der Waals surface area contributed by atoms with Gasteiger partial charge in [-0.25, -0.2) is 0 Å². The van der Waals surface area contributed by atoms with Crippen molar-refractivity contribution in [1.82, 2.24) is 4.90 Å². The van der Waals surface area contributed by atoms with E-state index < -0.39 is 30.1 Å². The molecule has 0 spiro atoms. The van der Waals surface area contributed by atoms with E-state index in [1.54, 1.807) is 13.8 Å². The van der Waals surface area contributed by atoms with Crippen molar-refractivity contribution < 1.29 is 18.0 Å². The lowest BCUT2D eigenvalue weighted by Gasteiger charge is -2.48. The Morgan fingerprint density at radius 2 is 2.00 bits per heavy atom. The van der Waals surface area contributed by atoms with Gasteiger partial charge in [-0.05, 0) is 19.3 Å². The highest BCUT2D eigenvalue weighted by Crippen LogP contribution is 2.42. The Hall–Kier alpha value is -0.780. The van der Waals surface area contributed by atoms with E-state index in [0.29, 0.717) is 12.8 Å². The predicted molar refractivity (Wildman–Crippen MR) is 58.2 cm³/mol. The van der Waals surface area contributed by atoms with Crippen LogP contribution in [0, 0.1) is 5.92 Å². The second kappa shape index (κ2) is 4.84. The second-order valence-electron chi connectivity index (χ2n) is 4.84. The number of nitrogens with zero attached hydrogens (tertiary/aromatic N) is 1. The van der Waals surface area contributed by atoms with Crippen LogP contribution >= 0.6 is 0 Å². The Morgan fingerprint density at radius 3 is 2.41 bits per heavy atom. The average Bonchev–Trinajstić information content (AvgIpc) is 2.26. The van der Waals surface area contributed by atoms with Crippen LogP contribution in [-0.4, -0.2) is 35.6 Å². The maximum absolute atomic E-state index is 13.2. The highest BCUT2D eigenvalue weighted by atomic mass is 19.4. The van der Waals surface area contributed by atoms with Crippen molar-refractivity contribution in [1.29, 1.82) is 0 Å². The minimum absolute atomic E-state index is 0.0918. The van der Waals surface area contributed by atoms with Crippen molar-refractivity contribution in [2.75, 3.05) is 13.1 Å². The number of alkyl halides is 3. The molecule has 1 saturated heterocycles. The molecule has 0 aromatic carbocycles. The monoisotopic (exact) mass is 252 g/mol. The quantitative estimate of drug-likeness (QED) is 0.816. The van der Waals surface area contributed by atoms with E-state index in [1.165, 1.54) is 0 Å². The van der Waals surface area contributed by atoms with E-state index in [1.807, 2.05) is 0 Å². The number of amides is 1. The van der Waals surface area contributed by atoms with E-state index >= 15 is 0 Å². The first-order valence-electron chi connectivity index (χ1n) is 5.84. The van der Waals surface area contributed by atoms with Gasteiger partial charge in [0, 0.05) is 19.0 Å². The van der Waals surface area contributed by atoms with E-state index in [9.17, 15) is 18.0 Å². The molecule has 2 N–H and O–H groups in total. The fourth-order valence-corrected chi connectivity index (χ4v) is 2.29. The van der Waals surface area contributed by atoms with Gasteiger partial charge in [-0.15, -0.1) is 0 Å². The number of carbonyl (C=O) groups is 1. The van der Waals surface area contributed by atoms with Crippen LogP contribution in [0.2, 0.25) is 0 Å². The lowest BCUT2D eigenvalue weighted by Crippen LogP contribution is -2.67. The van der Waals surface area contributed by atoms with Crippen molar-refractivity contribution in [2.24, 2.45) is 11.7 Å². The molecular weight excluding hydrogens is 233 g/mol. The lowest BCUT2D eigenvalue weighted by molar-refractivity contribution is -0.238. The van der Waals surface area contributed by atoms with Crippen LogP contribution in [-0.2, 0) is 4.79 Å². The number of nitrogens with two attached hydrogens (primary N) is 1. The fourth-order valence-electron chi connectivity index (χ4n) is 2.29. The Morgan fingerprint density at radius 1 is 1.41 bits per heavy atom. The Bertz CT molecular complexity index is 291. The molecule has 17 heavy (non-hydrogen) atoms. The van der Waals surface area contributed by atoms with Gasteiger partial charge in [0.1, 0.15) is 0 Å². The molecule has 1 atom stereocenters. The van der Waals surface area contributed by atoms with Crippen molar-refractivity contribution >= 4 is 5.91 Å². The zero-order valence-electron chi connectivity index (χ0n) is 10.2. The number of carbonyl (C=O) groups excluding carboxylic acids is 1. The third-order valence-electron chi connectivity index (χ3n) is 3.36. The number of halogens is 3. The van der Waals surface area contributed by atoms with E-state index in [0.717, 1.165) is 4.90 Å². The summed E-state index contributed by atoms with van der Waals surface area (Å²) in [6.07, 6.45) is -3.49. The first-order valence-corrected chi connectivity index (χ1v) is 5.84. The molecule has 0 aromatic heterocycles. The summed E-state index contributed by atoms with van der Waals surface area (Å²) >= 11 is 0. The van der Waals surface area contributed by atoms with Gasteiger partial charge in [-0.2, -0.15) is 13.2 Å². The summed E-state index contributed by atoms with van der Waals surface area (Å²) in [4.78, 5) is 12.8. The zero-order chi connectivity index (χ0) is 13.3. The average molecular weight is 252 g/mol. The van der Waals surface area contributed by atoms with E-state index in [2.05, 4.69) is 0 Å². The van der Waals surface area contributed by atoms with Crippen molar-refractivity contribution in [3.05, 3.63) is 0 Å². The first-order chi connectivity index (χ1) is 7.76. The Balaban J connectivity index is 3.10. The van der Waals surface area contributed by atoms with Crippen molar-refractivity contribution in [2.45, 2.75) is 44.8 Å². The minimum Gasteiger partial charge on any atom is -0.328 e. The molecule has 0 aromatic rings. The normalized spacial score (nSPS) is 26.4. The van der Waals surface area contributed by atoms with Gasteiger partial charge in [0.05, 0.1) is 0 Å². The van der Waals surface area contributed by atoms with Crippen LogP contribution in [0.5, 0.6) is 0 Å². The summed E-state index contributed by atoms with van der Waals surface area (Å²) in [5.74, 6) is -0.908. The van der Waals surface area contributed by atoms with Gasteiger partial charge in [0.2, 0.25) is 5.91 Å². The minimum atomic E-state index is -4.47. The second-order valence-corrected chi connectivity index (χ2v) is 4.84. The molecule has 0 bridgehead atoms. The molecule has 1 aliphatic rings. The lowest BCUT2D eigenvalue weighted by atomic mass is 9.85. The predicted octanol–water partition coefficient (Wildman–Crippen LogP) is 1.91. The first kappa shape index (κ1) is 14.3. The van der Waals surface area contributed by atoms with Crippen molar-refractivity contribution in [3.63, 3.8) is 0 Å². The van der Waals surface area contributed by atoms with Gasteiger partial charge in [-0.1, -0.05) is 13.8 Å². The Labute approximate surface area is 99.1 Å². The fraction of sp³-hybridized carbons (Fsp3) is 0.909. The van der Waals surface area contributed by atoms with Gasteiger partial charge in [0.15, 0.2) is 5.54 Å². The Kier molecular flexibility index (Phi) is 4.06. The van der Waals surface area contributed by atoms with Gasteiger partial charge in [0.25, 0.3) is 0 Å². The van der Waals surface area contributed by atoms with Crippen LogP contribution in [0.4, 0.5) is 13.2 Å². The number of rotatable bonds is 2. The van der Waals surface area contributed by atoms with Crippen LogP contribution in [0.15, 0.2) is 0 Å². The van der Waals surface area contributed by atoms with Gasteiger partial charge in [-0.3, -0.25) is 4.79 Å². The van der Waals surface area contributed by atoms with Crippen LogP contribution in [0.1, 0.15) is 33.1 Å². The van der Waals surface area contributed by atoms with Crippen LogP contribution in [0.25, 0.3) is 0 Å². The maximum atomic E-state index is 13.2. The molecule has 0 radical (unpaired) electrons. The topological polar surface area (TPSA) is 46.3 Å². The summed E-state index contributed by atoms with van der Waals surface area (Å²) in [5, 5.41) is 0. The SMILES string of the molecule is CC(C)C(=O)N1CCCCC1(CN)C(F)(F)F. The summed E-state index contributed by atoms with van der Waals surface area (Å²) in [6, 6.07) is 0. The number of hydrogen-bond donors (Lipinski definition) is 1. The molecule has 1 unspecified atom stereocenters. The number of likely N-dealkylation sites (tertiary alicyclic amines) is 1. The highest BCUT2D eigenvalue weighted by Gasteiger charge is 2.59. The third kappa shape index (κ3) is 2.41. The summed E-state index contributed by atoms with van der Waals surface area (Å²) in [6.45, 7) is 2.80. The number of piperidine rings is 1. The molecule has 1 heterocycles. The highest BCUT2D eigenvalue weighted by molar-refractivity contribution is 5.79. The van der Waals surface area contributed by atoms with E-state index in [-0.39, 0.29) is 13.0 Å². The molecule has 6 heteroatoms. The molecule has 1 aliphatic heterocycles. The molecule has 0 aliphatic carbocycles. The summed E-state index contributed by atoms with van der Waals surface area (Å²) in [5.41, 5.74) is 3.18. The molecule has 0 saturated carbocycles. The van der Waals surface area contributed by atoms with E-state index in [4.69, 9.17) is 5.73 Å². The van der Waals surface area contributed by atoms with Gasteiger partial charge >= 0.3 is 6.18 Å². The summed E-state index contributed by atoms with van der Waals surface area (Å²) < 4.78 is 39.6. The van der Waals surface area contributed by atoms with Crippen LogP contribution in [0.3, 0.4) is 0 Å². The largest absolute Gasteiger partial charge is 0.412 e. The van der Waals surface area contributed by atoms with Gasteiger partial charge < -0.3 is 10.6 Å². The molecule has 1 amide bonds. The maximum Gasteiger partial charge on any atom is 0.412 e. The summed E-state index contributed by atoms with van der Waals surface area (Å²) in [7, 11) is 0. The zero-order valence-corrected chi connectivity index (χ0v) is 10.2. The standard InChI is InChI=1S/C11H19F3N2O/c1-8(2)9(17)16-6-4-3-5-10(16,7-15)11(12,13)14/h8H,3-7,15H2,1-2H3. The molecule has 3 nitrogen and oxygen atoms in total. The van der Waals surface area contributed by atoms with Crippen molar-refractivity contribution in [3.8, 4) is 0 Å². The molecule has 100 valence electrons. The molecule has 1 rings (SSSR count). The smallest absolute Gasteiger partial charge is 0.328 e. The molecule has 1 fully saturated rings. The third-order valence-corrected chi connectivity index (χ3v) is 3.36.